The maximum absolute atomic E-state index is 12.1. The van der Waals surface area contributed by atoms with Crippen LogP contribution in [0, 0.1) is 5.92 Å². The van der Waals surface area contributed by atoms with Gasteiger partial charge in [-0.05, 0) is 53.4 Å². The summed E-state index contributed by atoms with van der Waals surface area (Å²) in [5.74, 6) is 0.359. The summed E-state index contributed by atoms with van der Waals surface area (Å²) in [7, 11) is 0. The lowest BCUT2D eigenvalue weighted by Gasteiger charge is -2.10. The second-order valence-electron chi connectivity index (χ2n) is 8.62. The summed E-state index contributed by atoms with van der Waals surface area (Å²) in [6, 6.07) is 21.8. The molecule has 0 bridgehead atoms. The van der Waals surface area contributed by atoms with Crippen molar-refractivity contribution < 1.29 is 4.79 Å². The van der Waals surface area contributed by atoms with Gasteiger partial charge in [0.15, 0.2) is 0 Å². The van der Waals surface area contributed by atoms with Crippen LogP contribution in [0.3, 0.4) is 0 Å². The molecule has 0 radical (unpaired) electrons. The summed E-state index contributed by atoms with van der Waals surface area (Å²) in [6.45, 7) is 5.39. The van der Waals surface area contributed by atoms with E-state index in [0.29, 0.717) is 35.5 Å². The molecule has 1 aromatic heterocycles. The van der Waals surface area contributed by atoms with Crippen molar-refractivity contribution in [2.75, 3.05) is 10.6 Å². The highest BCUT2D eigenvalue weighted by molar-refractivity contribution is 6.35. The summed E-state index contributed by atoms with van der Waals surface area (Å²) in [5, 5.41) is 8.96. The molecule has 4 nitrogen and oxygen atoms in total. The van der Waals surface area contributed by atoms with Crippen molar-refractivity contribution in [2.45, 2.75) is 33.4 Å². The van der Waals surface area contributed by atoms with E-state index in [1.54, 1.807) is 6.07 Å². The van der Waals surface area contributed by atoms with Gasteiger partial charge in [-0.3, -0.25) is 4.79 Å². The zero-order valence-electron chi connectivity index (χ0n) is 18.7. The second kappa shape index (κ2) is 10.3. The van der Waals surface area contributed by atoms with Crippen LogP contribution in [0.4, 0.5) is 11.4 Å². The Balaban J connectivity index is 1.52. The Bertz CT molecular complexity index is 1280. The lowest BCUT2D eigenvalue weighted by atomic mass is 10.1. The lowest BCUT2D eigenvalue weighted by Crippen LogP contribution is -2.13. The number of nitrogens with one attached hydrogen (secondary N) is 2. The first-order chi connectivity index (χ1) is 15.9. The Morgan fingerprint density at radius 3 is 2.52 bits per heavy atom. The first-order valence-electron chi connectivity index (χ1n) is 11.0. The minimum absolute atomic E-state index is 0.0334. The van der Waals surface area contributed by atoms with E-state index < -0.39 is 0 Å². The quantitative estimate of drug-likeness (QED) is 0.273. The molecule has 3 aromatic carbocycles. The van der Waals surface area contributed by atoms with Crippen molar-refractivity contribution in [1.29, 1.82) is 0 Å². The first-order valence-corrected chi connectivity index (χ1v) is 11.8. The monoisotopic (exact) mass is 479 g/mol. The summed E-state index contributed by atoms with van der Waals surface area (Å²) in [5.41, 5.74) is 5.10. The number of amides is 1. The van der Waals surface area contributed by atoms with Crippen molar-refractivity contribution >= 4 is 51.4 Å². The molecule has 0 saturated heterocycles. The topological polar surface area (TPSA) is 46.1 Å². The number of benzene rings is 3. The Kier molecular flexibility index (Phi) is 7.26. The predicted octanol–water partition coefficient (Wildman–Crippen LogP) is 7.59. The van der Waals surface area contributed by atoms with Gasteiger partial charge < -0.3 is 15.2 Å². The number of halogens is 2. The van der Waals surface area contributed by atoms with E-state index in [-0.39, 0.29) is 5.91 Å². The normalized spacial score (nSPS) is 11.2. The molecule has 0 aliphatic rings. The number of aromatic nitrogens is 1. The number of hydrogen-bond donors (Lipinski definition) is 2. The molecular formula is C27H27Cl2N3O. The fraction of sp³-hybridized carbons (Fsp3) is 0.222. The van der Waals surface area contributed by atoms with Gasteiger partial charge >= 0.3 is 0 Å². The summed E-state index contributed by atoms with van der Waals surface area (Å²) in [6.07, 6.45) is 2.67. The Labute approximate surface area is 204 Å². The van der Waals surface area contributed by atoms with E-state index in [1.807, 2.05) is 56.3 Å². The average Bonchev–Trinajstić information content (AvgIpc) is 3.11. The van der Waals surface area contributed by atoms with Gasteiger partial charge in [-0.15, -0.1) is 0 Å². The van der Waals surface area contributed by atoms with Crippen molar-refractivity contribution in [2.24, 2.45) is 5.92 Å². The van der Waals surface area contributed by atoms with Crippen LogP contribution in [0.25, 0.3) is 10.9 Å². The van der Waals surface area contributed by atoms with Crippen LogP contribution >= 0.6 is 23.2 Å². The van der Waals surface area contributed by atoms with E-state index in [2.05, 4.69) is 39.6 Å². The van der Waals surface area contributed by atoms with E-state index in [1.165, 1.54) is 10.9 Å². The molecule has 2 N–H and O–H groups in total. The van der Waals surface area contributed by atoms with E-state index in [0.717, 1.165) is 22.5 Å². The van der Waals surface area contributed by atoms with Crippen LogP contribution in [0.1, 0.15) is 31.4 Å². The molecule has 0 unspecified atom stereocenters. The van der Waals surface area contributed by atoms with Crippen LogP contribution < -0.4 is 10.6 Å². The molecule has 6 heteroatoms. The standard InChI is InChI=1S/C27H27Cl2N3O/c1-18(2)12-27(33)31-23-7-5-6-22(14-23)30-15-20-17-32(26-9-4-3-8-24(20)26)16-19-10-11-21(28)13-25(19)29/h3-11,13-14,17-18,30H,12,15-16H2,1-2H3,(H,31,33). The number of rotatable bonds is 8. The van der Waals surface area contributed by atoms with E-state index in [4.69, 9.17) is 23.2 Å². The number of fused-ring (bicyclic) bond motifs is 1. The molecule has 0 aliphatic carbocycles. The molecular weight excluding hydrogens is 453 g/mol. The fourth-order valence-corrected chi connectivity index (χ4v) is 4.38. The van der Waals surface area contributed by atoms with E-state index >= 15 is 0 Å². The Hall–Kier alpha value is -2.95. The number of para-hydroxylation sites is 1. The number of carbonyl (C=O) groups excluding carboxylic acids is 1. The number of hydrogen-bond acceptors (Lipinski definition) is 2. The third kappa shape index (κ3) is 5.89. The summed E-state index contributed by atoms with van der Waals surface area (Å²) in [4.78, 5) is 12.1. The van der Waals surface area contributed by atoms with E-state index in [9.17, 15) is 4.79 Å². The zero-order valence-corrected chi connectivity index (χ0v) is 20.3. The maximum Gasteiger partial charge on any atom is 0.224 e. The highest BCUT2D eigenvalue weighted by Gasteiger charge is 2.11. The molecule has 170 valence electrons. The van der Waals surface area contributed by atoms with Gasteiger partial charge in [0.25, 0.3) is 0 Å². The van der Waals surface area contributed by atoms with Gasteiger partial charge in [0, 0.05) is 58.0 Å². The molecule has 0 fully saturated rings. The van der Waals surface area contributed by atoms with Gasteiger partial charge in [0.1, 0.15) is 0 Å². The highest BCUT2D eigenvalue weighted by atomic mass is 35.5. The minimum Gasteiger partial charge on any atom is -0.381 e. The molecule has 0 aliphatic heterocycles. The van der Waals surface area contributed by atoms with Crippen LogP contribution in [0.2, 0.25) is 10.0 Å². The SMILES string of the molecule is CC(C)CC(=O)Nc1cccc(NCc2cn(Cc3ccc(Cl)cc3Cl)c3ccccc23)c1. The van der Waals surface area contributed by atoms with Crippen molar-refractivity contribution in [1.82, 2.24) is 4.57 Å². The molecule has 0 saturated carbocycles. The smallest absolute Gasteiger partial charge is 0.224 e. The largest absolute Gasteiger partial charge is 0.381 e. The number of anilines is 2. The second-order valence-corrected chi connectivity index (χ2v) is 9.46. The maximum atomic E-state index is 12.1. The molecule has 1 heterocycles. The van der Waals surface area contributed by atoms with Crippen LogP contribution in [0.5, 0.6) is 0 Å². The Morgan fingerprint density at radius 2 is 1.73 bits per heavy atom. The van der Waals surface area contributed by atoms with Crippen molar-refractivity contribution in [3.8, 4) is 0 Å². The van der Waals surface area contributed by atoms with Crippen LogP contribution in [0.15, 0.2) is 72.9 Å². The molecule has 0 spiro atoms. The van der Waals surface area contributed by atoms with Gasteiger partial charge in [0.05, 0.1) is 0 Å². The average molecular weight is 480 g/mol. The van der Waals surface area contributed by atoms with Crippen LogP contribution in [-0.4, -0.2) is 10.5 Å². The molecule has 0 atom stereocenters. The fourth-order valence-electron chi connectivity index (χ4n) is 3.91. The van der Waals surface area contributed by atoms with Crippen molar-refractivity contribution in [3.63, 3.8) is 0 Å². The highest BCUT2D eigenvalue weighted by Crippen LogP contribution is 2.27. The van der Waals surface area contributed by atoms with Gasteiger partial charge in [-0.2, -0.15) is 0 Å². The third-order valence-corrected chi connectivity index (χ3v) is 6.04. The number of carbonyl (C=O) groups is 1. The zero-order chi connectivity index (χ0) is 23.4. The van der Waals surface area contributed by atoms with Gasteiger partial charge in [-0.25, -0.2) is 0 Å². The summed E-state index contributed by atoms with van der Waals surface area (Å²) >= 11 is 12.5. The van der Waals surface area contributed by atoms with Gasteiger partial charge in [-0.1, -0.05) is 67.4 Å². The molecule has 4 aromatic rings. The number of nitrogens with zero attached hydrogens (tertiary/aromatic N) is 1. The predicted molar refractivity (Wildman–Crippen MR) is 139 cm³/mol. The molecule has 33 heavy (non-hydrogen) atoms. The third-order valence-electron chi connectivity index (χ3n) is 5.45. The first kappa shape index (κ1) is 23.2. The molecule has 1 amide bonds. The van der Waals surface area contributed by atoms with Crippen molar-refractivity contribution in [3.05, 3.63) is 94.1 Å². The minimum atomic E-state index is 0.0334. The summed E-state index contributed by atoms with van der Waals surface area (Å²) < 4.78 is 2.21. The van der Waals surface area contributed by atoms with Gasteiger partial charge in [0.2, 0.25) is 5.91 Å². The lowest BCUT2D eigenvalue weighted by molar-refractivity contribution is -0.116. The van der Waals surface area contributed by atoms with Crippen LogP contribution in [-0.2, 0) is 17.9 Å². The Morgan fingerprint density at radius 1 is 0.939 bits per heavy atom. The molecule has 4 rings (SSSR count).